The Labute approximate surface area is 142 Å². The van der Waals surface area contributed by atoms with Crippen LogP contribution in [0, 0.1) is 0 Å². The van der Waals surface area contributed by atoms with Crippen LogP contribution in [0.2, 0.25) is 0 Å². The lowest BCUT2D eigenvalue weighted by Gasteiger charge is -2.27. The first-order chi connectivity index (χ1) is 11.8. The third kappa shape index (κ3) is 3.26. The van der Waals surface area contributed by atoms with Crippen molar-refractivity contribution in [1.82, 2.24) is 9.80 Å². The lowest BCUT2D eigenvalue weighted by atomic mass is 10.1. The first kappa shape index (κ1) is 15.5. The number of likely N-dealkylation sites (tertiary alicyclic amines) is 2. The lowest BCUT2D eigenvalue weighted by Crippen LogP contribution is -2.36. The van der Waals surface area contributed by atoms with Crippen LogP contribution in [-0.4, -0.2) is 54.6 Å². The average molecular weight is 328 g/mol. The first-order valence-electron chi connectivity index (χ1n) is 8.90. The van der Waals surface area contributed by atoms with Gasteiger partial charge in [-0.2, -0.15) is 0 Å². The van der Waals surface area contributed by atoms with Crippen molar-refractivity contribution in [3.63, 3.8) is 0 Å². The fourth-order valence-electron chi connectivity index (χ4n) is 3.82. The van der Waals surface area contributed by atoms with E-state index in [0.29, 0.717) is 23.1 Å². The van der Waals surface area contributed by atoms with Gasteiger partial charge in [-0.3, -0.25) is 4.79 Å². The van der Waals surface area contributed by atoms with Gasteiger partial charge in [0, 0.05) is 37.0 Å². The van der Waals surface area contributed by atoms with Gasteiger partial charge in [-0.25, -0.2) is 0 Å². The monoisotopic (exact) mass is 328 g/mol. The second-order valence-corrected chi connectivity index (χ2v) is 6.79. The molecule has 5 nitrogen and oxygen atoms in total. The number of carbonyl (C=O) groups is 1. The summed E-state index contributed by atoms with van der Waals surface area (Å²) < 4.78 is 10.6. The first-order valence-corrected chi connectivity index (χ1v) is 8.90. The zero-order chi connectivity index (χ0) is 16.4. The zero-order valence-corrected chi connectivity index (χ0v) is 13.9. The SMILES string of the molecule is O=C(C=CN1CCC[C@H]1CN1CCCC1)c1ccc2c(c1)OCO2. The Hall–Kier alpha value is -2.01. The Balaban J connectivity index is 1.39. The van der Waals surface area contributed by atoms with Crippen LogP contribution in [0.15, 0.2) is 30.5 Å². The maximum atomic E-state index is 12.4. The van der Waals surface area contributed by atoms with Crippen LogP contribution in [0.1, 0.15) is 36.0 Å². The van der Waals surface area contributed by atoms with Crippen molar-refractivity contribution < 1.29 is 14.3 Å². The highest BCUT2D eigenvalue weighted by Gasteiger charge is 2.25. The van der Waals surface area contributed by atoms with Crippen molar-refractivity contribution in [2.24, 2.45) is 0 Å². The van der Waals surface area contributed by atoms with Crippen LogP contribution in [0.4, 0.5) is 0 Å². The standard InChI is InChI=1S/C19H24N2O3/c22-17(15-5-6-18-19(12-15)24-14-23-18)7-11-21-10-3-4-16(21)13-20-8-1-2-9-20/h5-7,11-12,16H,1-4,8-10,13-14H2/t16-/m0/s1. The molecule has 2 saturated heterocycles. The Morgan fingerprint density at radius 2 is 1.96 bits per heavy atom. The second-order valence-electron chi connectivity index (χ2n) is 6.79. The van der Waals surface area contributed by atoms with E-state index in [1.165, 1.54) is 38.8 Å². The topological polar surface area (TPSA) is 42.0 Å². The van der Waals surface area contributed by atoms with Gasteiger partial charge in [0.2, 0.25) is 6.79 Å². The molecule has 128 valence electrons. The summed E-state index contributed by atoms with van der Waals surface area (Å²) in [6.07, 6.45) is 8.76. The van der Waals surface area contributed by atoms with E-state index in [4.69, 9.17) is 9.47 Å². The van der Waals surface area contributed by atoms with E-state index in [0.717, 1.165) is 13.1 Å². The third-order valence-electron chi connectivity index (χ3n) is 5.16. The summed E-state index contributed by atoms with van der Waals surface area (Å²) in [5.41, 5.74) is 0.644. The highest BCUT2D eigenvalue weighted by Crippen LogP contribution is 2.32. The van der Waals surface area contributed by atoms with E-state index >= 15 is 0 Å². The highest BCUT2D eigenvalue weighted by molar-refractivity contribution is 6.04. The molecule has 1 aromatic rings. The van der Waals surface area contributed by atoms with Gasteiger partial charge < -0.3 is 19.3 Å². The molecule has 3 heterocycles. The third-order valence-corrected chi connectivity index (χ3v) is 5.16. The Morgan fingerprint density at radius 3 is 2.83 bits per heavy atom. The Kier molecular flexibility index (Phi) is 4.43. The molecule has 0 spiro atoms. The minimum atomic E-state index is 0.0140. The molecule has 0 saturated carbocycles. The van der Waals surface area contributed by atoms with E-state index in [1.54, 1.807) is 24.3 Å². The lowest BCUT2D eigenvalue weighted by molar-refractivity contribution is 0.104. The molecular weight excluding hydrogens is 304 g/mol. The minimum absolute atomic E-state index is 0.0140. The number of fused-ring (bicyclic) bond motifs is 1. The summed E-state index contributed by atoms with van der Waals surface area (Å²) in [5.74, 6) is 1.38. The number of ether oxygens (including phenoxy) is 2. The molecule has 3 aliphatic rings. The van der Waals surface area contributed by atoms with E-state index in [2.05, 4.69) is 9.80 Å². The van der Waals surface area contributed by atoms with E-state index in [-0.39, 0.29) is 12.6 Å². The van der Waals surface area contributed by atoms with Crippen LogP contribution in [0.3, 0.4) is 0 Å². The van der Waals surface area contributed by atoms with Gasteiger partial charge in [-0.1, -0.05) is 0 Å². The van der Waals surface area contributed by atoms with Crippen molar-refractivity contribution in [3.8, 4) is 11.5 Å². The quantitative estimate of drug-likeness (QED) is 0.614. The van der Waals surface area contributed by atoms with Crippen molar-refractivity contribution in [1.29, 1.82) is 0 Å². The molecule has 0 aromatic heterocycles. The number of hydrogen-bond acceptors (Lipinski definition) is 5. The number of nitrogens with zero attached hydrogens (tertiary/aromatic N) is 2. The molecule has 0 radical (unpaired) electrons. The number of allylic oxidation sites excluding steroid dienone is 1. The highest BCUT2D eigenvalue weighted by atomic mass is 16.7. The molecule has 0 unspecified atom stereocenters. The maximum absolute atomic E-state index is 12.4. The molecule has 0 aliphatic carbocycles. The summed E-state index contributed by atoms with van der Waals surface area (Å²) in [4.78, 5) is 17.3. The fourth-order valence-corrected chi connectivity index (χ4v) is 3.82. The summed E-state index contributed by atoms with van der Waals surface area (Å²) in [6.45, 7) is 4.86. The summed E-state index contributed by atoms with van der Waals surface area (Å²) in [6, 6.07) is 5.91. The molecule has 2 fully saturated rings. The largest absolute Gasteiger partial charge is 0.454 e. The smallest absolute Gasteiger partial charge is 0.231 e. The van der Waals surface area contributed by atoms with Crippen molar-refractivity contribution >= 4 is 5.78 Å². The molecule has 3 aliphatic heterocycles. The number of carbonyl (C=O) groups excluding carboxylic acids is 1. The predicted octanol–water partition coefficient (Wildman–Crippen LogP) is 2.67. The summed E-state index contributed by atoms with van der Waals surface area (Å²) in [7, 11) is 0. The van der Waals surface area contributed by atoms with Gasteiger partial charge >= 0.3 is 0 Å². The molecule has 0 bridgehead atoms. The van der Waals surface area contributed by atoms with Crippen LogP contribution in [-0.2, 0) is 0 Å². The normalized spacial score (nSPS) is 23.5. The van der Waals surface area contributed by atoms with Crippen molar-refractivity contribution in [3.05, 3.63) is 36.0 Å². The molecule has 5 heteroatoms. The van der Waals surface area contributed by atoms with Crippen LogP contribution < -0.4 is 9.47 Å². The van der Waals surface area contributed by atoms with Gasteiger partial charge in [0.15, 0.2) is 17.3 Å². The van der Waals surface area contributed by atoms with E-state index in [1.807, 2.05) is 6.20 Å². The minimum Gasteiger partial charge on any atom is -0.454 e. The van der Waals surface area contributed by atoms with Crippen LogP contribution >= 0.6 is 0 Å². The molecular formula is C19H24N2O3. The fraction of sp³-hybridized carbons (Fsp3) is 0.526. The van der Waals surface area contributed by atoms with E-state index in [9.17, 15) is 4.79 Å². The molecule has 0 amide bonds. The zero-order valence-electron chi connectivity index (χ0n) is 13.9. The molecule has 4 rings (SSSR count). The molecule has 0 N–H and O–H groups in total. The van der Waals surface area contributed by atoms with Gasteiger partial charge in [-0.05, 0) is 57.0 Å². The van der Waals surface area contributed by atoms with Crippen molar-refractivity contribution in [2.45, 2.75) is 31.7 Å². The van der Waals surface area contributed by atoms with Gasteiger partial charge in [0.05, 0.1) is 0 Å². The second kappa shape index (κ2) is 6.85. The summed E-state index contributed by atoms with van der Waals surface area (Å²) in [5, 5.41) is 0. The van der Waals surface area contributed by atoms with Gasteiger partial charge in [-0.15, -0.1) is 0 Å². The van der Waals surface area contributed by atoms with E-state index < -0.39 is 0 Å². The molecule has 1 atom stereocenters. The molecule has 24 heavy (non-hydrogen) atoms. The predicted molar refractivity (Wildman–Crippen MR) is 91.4 cm³/mol. The van der Waals surface area contributed by atoms with Gasteiger partial charge in [0.1, 0.15) is 0 Å². The Bertz CT molecular complexity index is 637. The Morgan fingerprint density at radius 1 is 1.12 bits per heavy atom. The van der Waals surface area contributed by atoms with Gasteiger partial charge in [0.25, 0.3) is 0 Å². The maximum Gasteiger partial charge on any atom is 0.231 e. The van der Waals surface area contributed by atoms with Crippen LogP contribution in [0.25, 0.3) is 0 Å². The summed E-state index contributed by atoms with van der Waals surface area (Å²) >= 11 is 0. The molecule has 1 aromatic carbocycles. The average Bonchev–Trinajstić information content (AvgIpc) is 3.34. The van der Waals surface area contributed by atoms with Crippen LogP contribution in [0.5, 0.6) is 11.5 Å². The van der Waals surface area contributed by atoms with Crippen molar-refractivity contribution in [2.75, 3.05) is 33.0 Å². The number of rotatable bonds is 5. The number of benzene rings is 1. The number of ketones is 1. The number of hydrogen-bond donors (Lipinski definition) is 0.